The maximum atomic E-state index is 4.61. The highest BCUT2D eigenvalue weighted by molar-refractivity contribution is 9.10. The van der Waals surface area contributed by atoms with E-state index in [-0.39, 0.29) is 0 Å². The summed E-state index contributed by atoms with van der Waals surface area (Å²) < 4.78 is 1.10. The van der Waals surface area contributed by atoms with E-state index in [0.717, 1.165) is 21.7 Å². The first-order valence-corrected chi connectivity index (χ1v) is 7.66. The Bertz CT molecular complexity index is 600. The molecule has 20 heavy (non-hydrogen) atoms. The highest BCUT2D eigenvalue weighted by atomic mass is 79.9. The Labute approximate surface area is 130 Å². The predicted octanol–water partition coefficient (Wildman–Crippen LogP) is 5.35. The standard InChI is InChI=1S/C17H21BrN2/c1-11(2)14-6-7-16(15(18)10-14)20(5)17-9-12(3)8-13(4)19-17/h6-11H,1-5H3. The van der Waals surface area contributed by atoms with Crippen LogP contribution < -0.4 is 4.90 Å². The van der Waals surface area contributed by atoms with E-state index >= 15 is 0 Å². The summed E-state index contributed by atoms with van der Waals surface area (Å²) in [6.45, 7) is 8.54. The lowest BCUT2D eigenvalue weighted by Gasteiger charge is -2.21. The van der Waals surface area contributed by atoms with Gasteiger partial charge in [0.25, 0.3) is 0 Å². The second kappa shape index (κ2) is 5.96. The Morgan fingerprint density at radius 1 is 1.10 bits per heavy atom. The average Bonchev–Trinajstić information content (AvgIpc) is 2.36. The Balaban J connectivity index is 2.40. The molecule has 3 heteroatoms. The van der Waals surface area contributed by atoms with Gasteiger partial charge in [-0.3, -0.25) is 0 Å². The fraction of sp³-hybridized carbons (Fsp3) is 0.353. The Morgan fingerprint density at radius 2 is 1.80 bits per heavy atom. The van der Waals surface area contributed by atoms with Crippen molar-refractivity contribution in [2.75, 3.05) is 11.9 Å². The Kier molecular flexibility index (Phi) is 4.48. The van der Waals surface area contributed by atoms with E-state index in [1.165, 1.54) is 11.1 Å². The van der Waals surface area contributed by atoms with E-state index in [2.05, 4.69) is 84.0 Å². The normalized spacial score (nSPS) is 10.9. The molecular weight excluding hydrogens is 312 g/mol. The van der Waals surface area contributed by atoms with Crippen LogP contribution >= 0.6 is 15.9 Å². The van der Waals surface area contributed by atoms with Crippen molar-refractivity contribution in [1.82, 2.24) is 4.98 Å². The van der Waals surface area contributed by atoms with Crippen molar-refractivity contribution in [3.8, 4) is 0 Å². The SMILES string of the molecule is Cc1cc(C)nc(N(C)c2ccc(C(C)C)cc2Br)c1. The molecule has 2 rings (SSSR count). The van der Waals surface area contributed by atoms with Gasteiger partial charge in [-0.25, -0.2) is 4.98 Å². The van der Waals surface area contributed by atoms with E-state index in [1.807, 2.05) is 6.92 Å². The van der Waals surface area contributed by atoms with Gasteiger partial charge in [-0.1, -0.05) is 19.9 Å². The van der Waals surface area contributed by atoms with E-state index in [1.54, 1.807) is 0 Å². The molecule has 1 heterocycles. The van der Waals surface area contributed by atoms with Crippen molar-refractivity contribution in [2.24, 2.45) is 0 Å². The van der Waals surface area contributed by atoms with Gasteiger partial charge in [-0.2, -0.15) is 0 Å². The monoisotopic (exact) mass is 332 g/mol. The molecule has 0 N–H and O–H groups in total. The average molecular weight is 333 g/mol. The zero-order chi connectivity index (χ0) is 14.9. The zero-order valence-corrected chi connectivity index (χ0v) is 14.3. The molecular formula is C17H21BrN2. The van der Waals surface area contributed by atoms with Gasteiger partial charge in [0.05, 0.1) is 5.69 Å². The van der Waals surface area contributed by atoms with Crippen LogP contribution in [-0.2, 0) is 0 Å². The molecule has 0 aliphatic heterocycles. The molecule has 106 valence electrons. The molecule has 1 aromatic carbocycles. The molecule has 0 atom stereocenters. The van der Waals surface area contributed by atoms with Crippen LogP contribution in [0.15, 0.2) is 34.8 Å². The third-order valence-corrected chi connectivity index (χ3v) is 4.06. The highest BCUT2D eigenvalue weighted by Gasteiger charge is 2.11. The lowest BCUT2D eigenvalue weighted by atomic mass is 10.0. The molecule has 0 aliphatic carbocycles. The van der Waals surface area contributed by atoms with Gasteiger partial charge in [-0.15, -0.1) is 0 Å². The number of nitrogens with zero attached hydrogens (tertiary/aromatic N) is 2. The summed E-state index contributed by atoms with van der Waals surface area (Å²) in [4.78, 5) is 6.73. The molecule has 0 unspecified atom stereocenters. The minimum Gasteiger partial charge on any atom is -0.328 e. The molecule has 0 aliphatic rings. The first-order chi connectivity index (χ1) is 9.38. The van der Waals surface area contributed by atoms with Crippen LogP contribution in [0.3, 0.4) is 0 Å². The first-order valence-electron chi connectivity index (χ1n) is 6.87. The van der Waals surface area contributed by atoms with Crippen molar-refractivity contribution in [3.05, 3.63) is 51.6 Å². The van der Waals surface area contributed by atoms with E-state index < -0.39 is 0 Å². The maximum Gasteiger partial charge on any atom is 0.133 e. The summed E-state index contributed by atoms with van der Waals surface area (Å²) in [5.74, 6) is 1.51. The molecule has 2 aromatic rings. The third kappa shape index (κ3) is 3.21. The lowest BCUT2D eigenvalue weighted by Crippen LogP contribution is -2.12. The molecule has 0 amide bonds. The van der Waals surface area contributed by atoms with Crippen LogP contribution in [0.2, 0.25) is 0 Å². The van der Waals surface area contributed by atoms with Gasteiger partial charge >= 0.3 is 0 Å². The molecule has 0 radical (unpaired) electrons. The van der Waals surface area contributed by atoms with Gasteiger partial charge in [0.15, 0.2) is 0 Å². The van der Waals surface area contributed by atoms with Gasteiger partial charge in [0.1, 0.15) is 5.82 Å². The number of hydrogen-bond acceptors (Lipinski definition) is 2. The number of hydrogen-bond donors (Lipinski definition) is 0. The summed E-state index contributed by atoms with van der Waals surface area (Å²) >= 11 is 3.68. The number of pyridine rings is 1. The van der Waals surface area contributed by atoms with Crippen LogP contribution in [0.1, 0.15) is 36.6 Å². The molecule has 2 nitrogen and oxygen atoms in total. The van der Waals surface area contributed by atoms with Crippen molar-refractivity contribution in [1.29, 1.82) is 0 Å². The third-order valence-electron chi connectivity index (χ3n) is 3.43. The summed E-state index contributed by atoms with van der Waals surface area (Å²) in [6.07, 6.45) is 0. The second-order valence-electron chi connectivity index (χ2n) is 5.57. The van der Waals surface area contributed by atoms with Crippen molar-refractivity contribution < 1.29 is 0 Å². The molecule has 0 spiro atoms. The van der Waals surface area contributed by atoms with Crippen molar-refractivity contribution in [2.45, 2.75) is 33.6 Å². The van der Waals surface area contributed by atoms with Crippen LogP contribution in [0.25, 0.3) is 0 Å². The van der Waals surface area contributed by atoms with Crippen LogP contribution in [0, 0.1) is 13.8 Å². The first kappa shape index (κ1) is 15.0. The quantitative estimate of drug-likeness (QED) is 0.752. The van der Waals surface area contributed by atoms with Gasteiger partial charge in [-0.05, 0) is 71.1 Å². The summed E-state index contributed by atoms with van der Waals surface area (Å²) in [6, 6.07) is 10.7. The minimum absolute atomic E-state index is 0.532. The zero-order valence-electron chi connectivity index (χ0n) is 12.7. The molecule has 0 bridgehead atoms. The van der Waals surface area contributed by atoms with E-state index in [4.69, 9.17) is 0 Å². The molecule has 0 saturated carbocycles. The minimum atomic E-state index is 0.532. The maximum absolute atomic E-state index is 4.61. The molecule has 0 saturated heterocycles. The fourth-order valence-electron chi connectivity index (χ4n) is 2.27. The fourth-order valence-corrected chi connectivity index (χ4v) is 2.93. The van der Waals surface area contributed by atoms with Gasteiger partial charge in [0.2, 0.25) is 0 Å². The van der Waals surface area contributed by atoms with Gasteiger partial charge in [0, 0.05) is 17.2 Å². The van der Waals surface area contributed by atoms with Crippen molar-refractivity contribution in [3.63, 3.8) is 0 Å². The number of anilines is 2. The number of rotatable bonds is 3. The van der Waals surface area contributed by atoms with Crippen LogP contribution in [0.5, 0.6) is 0 Å². The summed E-state index contributed by atoms with van der Waals surface area (Å²) in [7, 11) is 2.05. The van der Waals surface area contributed by atoms with E-state index in [9.17, 15) is 0 Å². The second-order valence-corrected chi connectivity index (χ2v) is 6.42. The molecule has 0 fully saturated rings. The lowest BCUT2D eigenvalue weighted by molar-refractivity contribution is 0.865. The Hall–Kier alpha value is -1.35. The number of benzene rings is 1. The van der Waals surface area contributed by atoms with Gasteiger partial charge < -0.3 is 4.90 Å². The number of halogens is 1. The van der Waals surface area contributed by atoms with E-state index in [0.29, 0.717) is 5.92 Å². The topological polar surface area (TPSA) is 16.1 Å². The number of aryl methyl sites for hydroxylation is 2. The van der Waals surface area contributed by atoms with Crippen LogP contribution in [-0.4, -0.2) is 12.0 Å². The predicted molar refractivity (Wildman–Crippen MR) is 90.0 cm³/mol. The Morgan fingerprint density at radius 3 is 2.35 bits per heavy atom. The highest BCUT2D eigenvalue weighted by Crippen LogP contribution is 2.32. The van der Waals surface area contributed by atoms with Crippen molar-refractivity contribution >= 4 is 27.4 Å². The molecule has 1 aromatic heterocycles. The van der Waals surface area contributed by atoms with Crippen LogP contribution in [0.4, 0.5) is 11.5 Å². The largest absolute Gasteiger partial charge is 0.328 e. The smallest absolute Gasteiger partial charge is 0.133 e. The number of aromatic nitrogens is 1. The summed E-state index contributed by atoms with van der Waals surface area (Å²) in [5.41, 5.74) is 4.74. The summed E-state index contributed by atoms with van der Waals surface area (Å²) in [5, 5.41) is 0.